The maximum absolute atomic E-state index is 15.0. The molecular formula is C48H83BrFNO2. The summed E-state index contributed by atoms with van der Waals surface area (Å²) in [7, 11) is 0. The highest BCUT2D eigenvalue weighted by Gasteiger charge is 2.38. The zero-order chi connectivity index (χ0) is 38.2. The number of carbonyl (C=O) groups is 2. The molecule has 1 aromatic rings. The summed E-state index contributed by atoms with van der Waals surface area (Å²) in [6.45, 7) is 5.00. The van der Waals surface area contributed by atoms with E-state index in [1.807, 2.05) is 0 Å². The maximum Gasteiger partial charge on any atom is 0.299 e. The van der Waals surface area contributed by atoms with E-state index in [2.05, 4.69) is 29.8 Å². The third-order valence-electron chi connectivity index (χ3n) is 11.9. The van der Waals surface area contributed by atoms with Gasteiger partial charge in [0.15, 0.2) is 5.82 Å². The van der Waals surface area contributed by atoms with E-state index in [-0.39, 0.29) is 11.3 Å². The van der Waals surface area contributed by atoms with E-state index < -0.39 is 17.5 Å². The number of halogens is 2. The molecule has 1 aromatic carbocycles. The number of rotatable bonds is 38. The Morgan fingerprint density at radius 3 is 1.17 bits per heavy atom. The number of hydrogen-bond donors (Lipinski definition) is 0. The molecule has 0 atom stereocenters. The van der Waals surface area contributed by atoms with Crippen LogP contribution in [0.15, 0.2) is 16.6 Å². The van der Waals surface area contributed by atoms with Crippen molar-refractivity contribution in [3.63, 3.8) is 0 Å². The van der Waals surface area contributed by atoms with E-state index >= 15 is 0 Å². The minimum absolute atomic E-state index is 0.168. The summed E-state index contributed by atoms with van der Waals surface area (Å²) in [6, 6.07) is 3.09. The van der Waals surface area contributed by atoms with Crippen LogP contribution in [0.5, 0.6) is 0 Å². The monoisotopic (exact) mass is 804 g/mol. The Bertz CT molecular complexity index is 1020. The van der Waals surface area contributed by atoms with Gasteiger partial charge in [-0.1, -0.05) is 232 Å². The first-order valence-corrected chi connectivity index (χ1v) is 24.1. The molecule has 53 heavy (non-hydrogen) atoms. The molecule has 5 heteroatoms. The van der Waals surface area contributed by atoms with Crippen molar-refractivity contribution in [1.29, 1.82) is 0 Å². The van der Waals surface area contributed by atoms with Crippen molar-refractivity contribution in [2.24, 2.45) is 5.92 Å². The van der Waals surface area contributed by atoms with E-state index in [0.29, 0.717) is 16.9 Å². The lowest BCUT2D eigenvalue weighted by Crippen LogP contribution is -2.31. The van der Waals surface area contributed by atoms with Crippen LogP contribution < -0.4 is 4.90 Å². The zero-order valence-electron chi connectivity index (χ0n) is 34.9. The Hall–Kier alpha value is -1.23. The van der Waals surface area contributed by atoms with Crippen LogP contribution in [-0.2, 0) is 4.79 Å². The Morgan fingerprint density at radius 1 is 0.491 bits per heavy atom. The van der Waals surface area contributed by atoms with E-state index in [1.54, 1.807) is 6.07 Å². The highest BCUT2D eigenvalue weighted by Crippen LogP contribution is 2.36. The van der Waals surface area contributed by atoms with E-state index in [1.165, 1.54) is 229 Å². The molecule has 0 spiro atoms. The Balaban J connectivity index is 1.61. The first-order chi connectivity index (χ1) is 26.0. The summed E-state index contributed by atoms with van der Waals surface area (Å²) in [5, 5.41) is 0. The van der Waals surface area contributed by atoms with E-state index in [0.717, 1.165) is 12.8 Å². The van der Waals surface area contributed by atoms with Gasteiger partial charge in [-0.05, 0) is 46.8 Å². The first kappa shape index (κ1) is 47.9. The number of anilines is 1. The highest BCUT2D eigenvalue weighted by molar-refractivity contribution is 9.10. The van der Waals surface area contributed by atoms with Crippen LogP contribution >= 0.6 is 15.9 Å². The van der Waals surface area contributed by atoms with Crippen LogP contribution in [0, 0.1) is 11.7 Å². The van der Waals surface area contributed by atoms with E-state index in [4.69, 9.17) is 0 Å². The summed E-state index contributed by atoms with van der Waals surface area (Å²) in [5.41, 5.74) is 0.370. The van der Waals surface area contributed by atoms with Crippen LogP contribution in [0.2, 0.25) is 0 Å². The maximum atomic E-state index is 15.0. The van der Waals surface area contributed by atoms with Crippen molar-refractivity contribution in [2.75, 3.05) is 11.4 Å². The number of nitrogens with zero attached hydrogens (tertiary/aromatic N) is 1. The van der Waals surface area contributed by atoms with Gasteiger partial charge in [0.2, 0.25) is 0 Å². The third-order valence-corrected chi connectivity index (χ3v) is 12.6. The number of hydrogen-bond acceptors (Lipinski definition) is 2. The first-order valence-electron chi connectivity index (χ1n) is 23.3. The van der Waals surface area contributed by atoms with Gasteiger partial charge in [-0.25, -0.2) is 4.39 Å². The summed E-state index contributed by atoms with van der Waals surface area (Å²) >= 11 is 3.24. The van der Waals surface area contributed by atoms with Gasteiger partial charge in [-0.2, -0.15) is 0 Å². The zero-order valence-corrected chi connectivity index (χ0v) is 36.5. The van der Waals surface area contributed by atoms with Gasteiger partial charge in [0.05, 0.1) is 15.7 Å². The van der Waals surface area contributed by atoms with Gasteiger partial charge in [0.1, 0.15) is 0 Å². The third kappa shape index (κ3) is 22.2. The Labute approximate surface area is 336 Å². The fourth-order valence-electron chi connectivity index (χ4n) is 8.47. The predicted molar refractivity (Wildman–Crippen MR) is 232 cm³/mol. The lowest BCUT2D eigenvalue weighted by molar-refractivity contribution is -0.114. The standard InChI is InChI=1S/C48H83BrFNO2/c1-3-5-7-9-11-13-15-17-19-21-23-25-27-29-31-33-36-42(37-34-32-30-28-26-24-22-20-18-16-14-12-10-8-6-4-2)38-35-41-51-46-43(47(52)48(51)53)39-40-44(49)45(46)50/h39-40,42H,3-38,41H2,1-2H3. The predicted octanol–water partition coefficient (Wildman–Crippen LogP) is 16.8. The second-order valence-corrected chi connectivity index (χ2v) is 17.6. The average Bonchev–Trinajstić information content (AvgIpc) is 3.40. The molecule has 1 amide bonds. The van der Waals surface area contributed by atoms with Gasteiger partial charge in [-0.3, -0.25) is 9.59 Å². The molecule has 0 saturated heterocycles. The van der Waals surface area contributed by atoms with Crippen LogP contribution in [0.4, 0.5) is 10.1 Å². The molecule has 1 aliphatic rings. The van der Waals surface area contributed by atoms with Crippen LogP contribution in [0.3, 0.4) is 0 Å². The molecule has 0 N–H and O–H groups in total. The van der Waals surface area contributed by atoms with Gasteiger partial charge >= 0.3 is 0 Å². The summed E-state index contributed by atoms with van der Waals surface area (Å²) in [5.74, 6) is -1.01. The van der Waals surface area contributed by atoms with Crippen molar-refractivity contribution in [3.8, 4) is 0 Å². The number of fused-ring (bicyclic) bond motifs is 1. The molecular weight excluding hydrogens is 721 g/mol. The van der Waals surface area contributed by atoms with Crippen molar-refractivity contribution in [1.82, 2.24) is 0 Å². The number of amides is 1. The number of ketones is 1. The molecule has 306 valence electrons. The molecule has 1 aliphatic heterocycles. The molecule has 0 aromatic heterocycles. The second-order valence-electron chi connectivity index (χ2n) is 16.7. The van der Waals surface area contributed by atoms with Crippen molar-refractivity contribution >= 4 is 33.3 Å². The molecule has 0 saturated carbocycles. The highest BCUT2D eigenvalue weighted by atomic mass is 79.9. The molecule has 3 nitrogen and oxygen atoms in total. The molecule has 2 rings (SSSR count). The molecule has 0 fully saturated rings. The average molecular weight is 805 g/mol. The lowest BCUT2D eigenvalue weighted by Gasteiger charge is -2.21. The summed E-state index contributed by atoms with van der Waals surface area (Å²) < 4.78 is 15.3. The molecule has 0 radical (unpaired) electrons. The van der Waals surface area contributed by atoms with Crippen LogP contribution in [0.1, 0.15) is 255 Å². The topological polar surface area (TPSA) is 37.4 Å². The minimum Gasteiger partial charge on any atom is -0.302 e. The van der Waals surface area contributed by atoms with E-state index in [9.17, 15) is 14.0 Å². The fraction of sp³-hybridized carbons (Fsp3) is 0.833. The minimum atomic E-state index is -0.579. The van der Waals surface area contributed by atoms with Gasteiger partial charge in [0, 0.05) is 6.54 Å². The SMILES string of the molecule is CCCCCCCCCCCCCCCCCCC(CCCCCCCCCCCCCCCCCC)CCCN1C(=O)C(=O)c2ccc(Br)c(F)c21. The molecule has 0 aliphatic carbocycles. The smallest absolute Gasteiger partial charge is 0.299 e. The fourth-order valence-corrected chi connectivity index (χ4v) is 8.79. The van der Waals surface area contributed by atoms with Crippen LogP contribution in [-0.4, -0.2) is 18.2 Å². The largest absolute Gasteiger partial charge is 0.302 e. The number of Topliss-reactive ketones (excluding diaryl/α,β-unsaturated/α-hetero) is 1. The van der Waals surface area contributed by atoms with Crippen LogP contribution in [0.25, 0.3) is 0 Å². The normalized spacial score (nSPS) is 12.9. The Kier molecular flexibility index (Phi) is 29.8. The number of unbranched alkanes of at least 4 members (excludes halogenated alkanes) is 30. The lowest BCUT2D eigenvalue weighted by atomic mass is 9.90. The summed E-state index contributed by atoms with van der Waals surface area (Å²) in [6.07, 6.45) is 48.9. The second kappa shape index (κ2) is 33.0. The number of benzene rings is 1. The van der Waals surface area contributed by atoms with Gasteiger partial charge in [-0.15, -0.1) is 0 Å². The molecule has 1 heterocycles. The van der Waals surface area contributed by atoms with Gasteiger partial charge in [0.25, 0.3) is 11.7 Å². The quantitative estimate of drug-likeness (QED) is 0.0493. The van der Waals surface area contributed by atoms with Gasteiger partial charge < -0.3 is 4.90 Å². The molecule has 0 bridgehead atoms. The van der Waals surface area contributed by atoms with Crippen molar-refractivity contribution in [2.45, 2.75) is 245 Å². The summed E-state index contributed by atoms with van der Waals surface area (Å²) in [4.78, 5) is 26.7. The number of carbonyl (C=O) groups excluding carboxylic acids is 2. The van der Waals surface area contributed by atoms with Crippen molar-refractivity contribution in [3.05, 3.63) is 28.0 Å². The molecule has 0 unspecified atom stereocenters. The Morgan fingerprint density at radius 2 is 0.811 bits per heavy atom. The van der Waals surface area contributed by atoms with Crippen molar-refractivity contribution < 1.29 is 14.0 Å².